The Morgan fingerprint density at radius 2 is 2.04 bits per heavy atom. The molecule has 1 aromatic carbocycles. The molecule has 3 nitrogen and oxygen atoms in total. The van der Waals surface area contributed by atoms with E-state index >= 15 is 0 Å². The third kappa shape index (κ3) is 6.40. The predicted octanol–water partition coefficient (Wildman–Crippen LogP) is 5.27. The second kappa shape index (κ2) is 8.66. The fourth-order valence-corrected chi connectivity index (χ4v) is 3.70. The highest BCUT2D eigenvalue weighted by Crippen LogP contribution is 2.37. The summed E-state index contributed by atoms with van der Waals surface area (Å²) >= 11 is 9.72. The summed E-state index contributed by atoms with van der Waals surface area (Å²) in [6, 6.07) is 2.55. The molecule has 0 saturated heterocycles. The molecule has 9 heteroatoms. The molecule has 1 aliphatic carbocycles. The van der Waals surface area contributed by atoms with Crippen LogP contribution in [0, 0.1) is 5.92 Å². The molecule has 1 fully saturated rings. The third-order valence-corrected chi connectivity index (χ3v) is 5.53. The van der Waals surface area contributed by atoms with Gasteiger partial charge in [-0.1, -0.05) is 35.4 Å². The standard InChI is InChI=1S/C16H17Cl2F3N2OS/c1-2-3-6-22-15(10-4-5-10)23-13-8-14(12(18)7-11(13)17)25(24)9-16(19,20)21/h2-3,7-8,10H,4-6,9H2,1H3,(H,22,23)/b3-2+. The lowest BCUT2D eigenvalue weighted by Crippen LogP contribution is -2.25. The first-order valence-electron chi connectivity index (χ1n) is 7.59. The number of rotatable bonds is 6. The summed E-state index contributed by atoms with van der Waals surface area (Å²) < 4.78 is 49.5. The van der Waals surface area contributed by atoms with Crippen LogP contribution in [0.4, 0.5) is 18.9 Å². The molecule has 1 saturated carbocycles. The van der Waals surface area contributed by atoms with E-state index in [1.165, 1.54) is 12.1 Å². The van der Waals surface area contributed by atoms with Gasteiger partial charge in [-0.05, 0) is 37.0 Å². The zero-order valence-corrected chi connectivity index (χ0v) is 15.7. The topological polar surface area (TPSA) is 47.5 Å². The van der Waals surface area contributed by atoms with Crippen LogP contribution < -0.4 is 5.32 Å². The Balaban J connectivity index is 2.30. The maximum absolute atomic E-state index is 12.5. The Morgan fingerprint density at radius 3 is 2.60 bits per heavy atom. The molecule has 1 aromatic rings. The van der Waals surface area contributed by atoms with Gasteiger partial charge in [-0.25, -0.2) is 4.99 Å². The number of nitrogens with zero attached hydrogens (tertiary/aromatic N) is 1. The molecule has 1 aliphatic rings. The first kappa shape index (κ1) is 20.4. The molecule has 0 amide bonds. The van der Waals surface area contributed by atoms with Gasteiger partial charge in [0.1, 0.15) is 5.84 Å². The molecule has 138 valence electrons. The highest BCUT2D eigenvalue weighted by molar-refractivity contribution is 7.91. The van der Waals surface area contributed by atoms with E-state index in [2.05, 4.69) is 10.3 Å². The van der Waals surface area contributed by atoms with E-state index in [0.29, 0.717) is 6.54 Å². The van der Waals surface area contributed by atoms with E-state index < -0.39 is 23.1 Å². The molecule has 1 atom stereocenters. The van der Waals surface area contributed by atoms with E-state index in [0.717, 1.165) is 18.7 Å². The van der Waals surface area contributed by atoms with Crippen LogP contribution in [0.2, 0.25) is 10.0 Å². The van der Waals surface area contributed by atoms with Gasteiger partial charge in [-0.2, -0.15) is 13.2 Å². The number of allylic oxidation sites excluding steroid dienone is 1. The van der Waals surface area contributed by atoms with E-state index in [4.69, 9.17) is 23.2 Å². The molecule has 0 bridgehead atoms. The van der Waals surface area contributed by atoms with E-state index in [9.17, 15) is 17.7 Å². The summed E-state index contributed by atoms with van der Waals surface area (Å²) in [4.78, 5) is 4.32. The second-order valence-corrected chi connectivity index (χ2v) is 7.79. The van der Waals surface area contributed by atoms with Crippen molar-refractivity contribution in [2.75, 3.05) is 12.3 Å². The summed E-state index contributed by atoms with van der Waals surface area (Å²) in [6.07, 6.45) is 1.24. The summed E-state index contributed by atoms with van der Waals surface area (Å²) in [5, 5.41) is 3.31. The SMILES string of the molecule is C/C=C/CN/C(=N\c1cc([S+]([O-])CC(F)(F)F)c(Cl)cc1Cl)C1CC1. The quantitative estimate of drug-likeness (QED) is 0.299. The zero-order chi connectivity index (χ0) is 18.6. The van der Waals surface area contributed by atoms with Crippen LogP contribution in [0.15, 0.2) is 34.2 Å². The van der Waals surface area contributed by atoms with Crippen molar-refractivity contribution >= 4 is 45.9 Å². The number of hydrogen-bond donors (Lipinski definition) is 1. The van der Waals surface area contributed by atoms with Crippen LogP contribution in [-0.2, 0) is 11.2 Å². The van der Waals surface area contributed by atoms with E-state index in [1.54, 1.807) is 0 Å². The highest BCUT2D eigenvalue weighted by Gasteiger charge is 2.37. The number of hydrogen-bond acceptors (Lipinski definition) is 2. The fraction of sp³-hybridized carbons (Fsp3) is 0.438. The molecule has 0 radical (unpaired) electrons. The molecule has 0 aliphatic heterocycles. The summed E-state index contributed by atoms with van der Waals surface area (Å²) in [5.74, 6) is -0.469. The lowest BCUT2D eigenvalue weighted by molar-refractivity contribution is -0.106. The Morgan fingerprint density at radius 1 is 1.36 bits per heavy atom. The Labute approximate surface area is 157 Å². The number of nitrogens with one attached hydrogen (secondary N) is 1. The van der Waals surface area contributed by atoms with Crippen molar-refractivity contribution in [2.24, 2.45) is 10.9 Å². The summed E-state index contributed by atoms with van der Waals surface area (Å²) in [5.41, 5.74) is 0.256. The minimum atomic E-state index is -4.55. The number of amidine groups is 1. The second-order valence-electron chi connectivity index (χ2n) is 5.56. The Kier molecular flexibility index (Phi) is 7.08. The molecule has 0 spiro atoms. The smallest absolute Gasteiger partial charge is 0.433 e. The first-order valence-corrected chi connectivity index (χ1v) is 9.66. The van der Waals surface area contributed by atoms with Gasteiger partial charge in [0.25, 0.3) is 0 Å². The highest BCUT2D eigenvalue weighted by atomic mass is 35.5. The maximum atomic E-state index is 12.5. The minimum absolute atomic E-state index is 0.0682. The first-order chi connectivity index (χ1) is 11.7. The van der Waals surface area contributed by atoms with E-state index in [1.807, 2.05) is 19.1 Å². The van der Waals surface area contributed by atoms with Gasteiger partial charge in [-0.3, -0.25) is 0 Å². The van der Waals surface area contributed by atoms with Gasteiger partial charge >= 0.3 is 6.18 Å². The van der Waals surface area contributed by atoms with Crippen molar-refractivity contribution in [1.29, 1.82) is 0 Å². The van der Waals surface area contributed by atoms with Crippen molar-refractivity contribution < 1.29 is 17.7 Å². The third-order valence-electron chi connectivity index (χ3n) is 3.38. The number of aliphatic imine (C=N–C) groups is 1. The van der Waals surface area contributed by atoms with Crippen LogP contribution >= 0.6 is 23.2 Å². The van der Waals surface area contributed by atoms with Gasteiger partial charge < -0.3 is 9.87 Å². The lowest BCUT2D eigenvalue weighted by Gasteiger charge is -2.15. The molecule has 1 unspecified atom stereocenters. The number of halogens is 5. The predicted molar refractivity (Wildman–Crippen MR) is 96.4 cm³/mol. The van der Waals surface area contributed by atoms with Crippen molar-refractivity contribution in [3.05, 3.63) is 34.3 Å². The number of benzene rings is 1. The van der Waals surface area contributed by atoms with Crippen LogP contribution in [0.3, 0.4) is 0 Å². The Bertz CT molecular complexity index is 676. The zero-order valence-electron chi connectivity index (χ0n) is 13.4. The van der Waals surface area contributed by atoms with Crippen molar-refractivity contribution in [1.82, 2.24) is 5.32 Å². The van der Waals surface area contributed by atoms with Gasteiger partial charge in [-0.15, -0.1) is 0 Å². The molecule has 2 rings (SSSR count). The summed E-state index contributed by atoms with van der Waals surface area (Å²) in [7, 11) is 0. The van der Waals surface area contributed by atoms with Crippen LogP contribution in [-0.4, -0.2) is 28.9 Å². The van der Waals surface area contributed by atoms with Crippen molar-refractivity contribution in [3.63, 3.8) is 0 Å². The fourth-order valence-electron chi connectivity index (χ4n) is 2.05. The van der Waals surface area contributed by atoms with Crippen molar-refractivity contribution in [3.8, 4) is 0 Å². The largest absolute Gasteiger partial charge is 0.611 e. The Hall–Kier alpha value is -0.890. The molecule has 0 heterocycles. The molecule has 25 heavy (non-hydrogen) atoms. The van der Waals surface area contributed by atoms with Crippen LogP contribution in [0.1, 0.15) is 19.8 Å². The van der Waals surface area contributed by atoms with Gasteiger partial charge in [0, 0.05) is 18.5 Å². The lowest BCUT2D eigenvalue weighted by atomic mass is 10.3. The molecule has 0 aromatic heterocycles. The van der Waals surface area contributed by atoms with Gasteiger partial charge in [0.2, 0.25) is 5.75 Å². The monoisotopic (exact) mass is 412 g/mol. The van der Waals surface area contributed by atoms with Crippen LogP contribution in [0.25, 0.3) is 0 Å². The molecular formula is C16H17Cl2F3N2OS. The normalized spacial score (nSPS) is 17.2. The molecule has 1 N–H and O–H groups in total. The van der Waals surface area contributed by atoms with E-state index in [-0.39, 0.29) is 26.5 Å². The number of alkyl halides is 3. The average Bonchev–Trinajstić information content (AvgIpc) is 3.31. The van der Waals surface area contributed by atoms with Crippen molar-refractivity contribution in [2.45, 2.75) is 30.8 Å². The maximum Gasteiger partial charge on any atom is 0.433 e. The average molecular weight is 413 g/mol. The molecular weight excluding hydrogens is 396 g/mol. The summed E-state index contributed by atoms with van der Waals surface area (Å²) in [6.45, 7) is 2.48. The van der Waals surface area contributed by atoms with Gasteiger partial charge in [0.15, 0.2) is 4.90 Å². The minimum Gasteiger partial charge on any atom is -0.611 e. The van der Waals surface area contributed by atoms with Gasteiger partial charge in [0.05, 0.1) is 15.7 Å². The van der Waals surface area contributed by atoms with Crippen LogP contribution in [0.5, 0.6) is 0 Å².